The number of likely N-dealkylation sites (tertiary alicyclic amines) is 1. The molecular formula is C20H32F3IN4S. The van der Waals surface area contributed by atoms with Gasteiger partial charge in [0.25, 0.3) is 0 Å². The molecule has 1 saturated heterocycles. The Hall–Kier alpha value is -0.680. The van der Waals surface area contributed by atoms with Crippen LogP contribution in [0.4, 0.5) is 13.2 Å². The van der Waals surface area contributed by atoms with E-state index < -0.39 is 12.7 Å². The first-order chi connectivity index (χ1) is 13.3. The minimum absolute atomic E-state index is 0. The molecule has 0 radical (unpaired) electrons. The second-order valence-electron chi connectivity index (χ2n) is 7.29. The molecule has 4 nitrogen and oxygen atoms in total. The molecule has 166 valence electrons. The number of piperidine rings is 1. The van der Waals surface area contributed by atoms with Crippen molar-refractivity contribution in [2.75, 3.05) is 39.5 Å². The number of nitrogens with one attached hydrogen (secondary N) is 2. The first-order valence-corrected chi connectivity index (χ1v) is 10.9. The van der Waals surface area contributed by atoms with Crippen LogP contribution in [0.2, 0.25) is 0 Å². The summed E-state index contributed by atoms with van der Waals surface area (Å²) in [6, 6.07) is 6.43. The molecule has 0 saturated carbocycles. The van der Waals surface area contributed by atoms with Crippen LogP contribution in [-0.2, 0) is 6.54 Å². The second kappa shape index (κ2) is 12.9. The van der Waals surface area contributed by atoms with Crippen molar-refractivity contribution in [3.05, 3.63) is 29.3 Å². The lowest BCUT2D eigenvalue weighted by atomic mass is 9.93. The molecule has 2 rings (SSSR count). The Labute approximate surface area is 193 Å². The van der Waals surface area contributed by atoms with Crippen LogP contribution in [0.25, 0.3) is 0 Å². The van der Waals surface area contributed by atoms with Gasteiger partial charge in [0.1, 0.15) is 0 Å². The summed E-state index contributed by atoms with van der Waals surface area (Å²) in [6.07, 6.45) is 0.571. The van der Waals surface area contributed by atoms with Gasteiger partial charge in [-0.2, -0.15) is 13.2 Å². The third kappa shape index (κ3) is 9.78. The summed E-state index contributed by atoms with van der Waals surface area (Å²) < 4.78 is 37.4. The summed E-state index contributed by atoms with van der Waals surface area (Å²) >= 11 is 1.73. The van der Waals surface area contributed by atoms with Gasteiger partial charge >= 0.3 is 6.18 Å². The Morgan fingerprint density at radius 1 is 1.24 bits per heavy atom. The monoisotopic (exact) mass is 544 g/mol. The summed E-state index contributed by atoms with van der Waals surface area (Å²) in [5.41, 5.74) is 2.48. The molecular weight excluding hydrogens is 512 g/mol. The summed E-state index contributed by atoms with van der Waals surface area (Å²) in [5.74, 6) is 1.22. The molecule has 0 spiro atoms. The predicted octanol–water partition coefficient (Wildman–Crippen LogP) is 4.66. The molecule has 1 fully saturated rings. The maximum atomic E-state index is 12.5. The van der Waals surface area contributed by atoms with Gasteiger partial charge in [-0.25, -0.2) is 0 Å². The molecule has 2 N–H and O–H groups in total. The van der Waals surface area contributed by atoms with Gasteiger partial charge in [-0.1, -0.05) is 12.1 Å². The normalized spacial score (nSPS) is 16.4. The largest absolute Gasteiger partial charge is 0.401 e. The molecule has 0 aliphatic carbocycles. The number of thioether (sulfide) groups is 1. The number of halogens is 4. The summed E-state index contributed by atoms with van der Waals surface area (Å²) in [5, 5.41) is 6.67. The number of rotatable bonds is 7. The Morgan fingerprint density at radius 2 is 1.93 bits per heavy atom. The molecule has 0 amide bonds. The molecule has 0 bridgehead atoms. The van der Waals surface area contributed by atoms with E-state index in [-0.39, 0.29) is 24.0 Å². The van der Waals surface area contributed by atoms with Gasteiger partial charge in [0.2, 0.25) is 0 Å². The van der Waals surface area contributed by atoms with Gasteiger partial charge in [0.15, 0.2) is 5.96 Å². The molecule has 0 unspecified atom stereocenters. The van der Waals surface area contributed by atoms with E-state index in [1.54, 1.807) is 18.8 Å². The van der Waals surface area contributed by atoms with E-state index in [1.165, 1.54) is 20.9 Å². The van der Waals surface area contributed by atoms with Crippen LogP contribution < -0.4 is 10.6 Å². The Bertz CT molecular complexity index is 647. The molecule has 1 aliphatic rings. The Balaban J connectivity index is 0.00000420. The van der Waals surface area contributed by atoms with Crippen LogP contribution in [0.5, 0.6) is 0 Å². The minimum Gasteiger partial charge on any atom is -0.356 e. The van der Waals surface area contributed by atoms with Crippen LogP contribution in [0.3, 0.4) is 0 Å². The number of alkyl halides is 3. The highest BCUT2D eigenvalue weighted by Crippen LogP contribution is 2.24. The zero-order valence-corrected chi connectivity index (χ0v) is 20.5. The van der Waals surface area contributed by atoms with Crippen molar-refractivity contribution in [3.63, 3.8) is 0 Å². The van der Waals surface area contributed by atoms with Gasteiger partial charge in [-0.15, -0.1) is 35.7 Å². The topological polar surface area (TPSA) is 39.7 Å². The smallest absolute Gasteiger partial charge is 0.356 e. The van der Waals surface area contributed by atoms with Crippen LogP contribution >= 0.6 is 35.7 Å². The van der Waals surface area contributed by atoms with Crippen molar-refractivity contribution in [2.24, 2.45) is 10.9 Å². The van der Waals surface area contributed by atoms with E-state index in [2.05, 4.69) is 47.0 Å². The fourth-order valence-electron chi connectivity index (χ4n) is 3.48. The molecule has 0 aromatic heterocycles. The van der Waals surface area contributed by atoms with Crippen LogP contribution in [0.15, 0.2) is 28.1 Å². The van der Waals surface area contributed by atoms with Crippen LogP contribution in [0.1, 0.15) is 30.4 Å². The highest BCUT2D eigenvalue weighted by Gasteiger charge is 2.32. The molecule has 9 heteroatoms. The van der Waals surface area contributed by atoms with E-state index in [0.717, 1.165) is 31.8 Å². The standard InChI is InChI=1S/C20H31F3N4S.HI/c1-15-4-5-17(18(12-15)28-3)13-26-19(24-2)25-9-6-16-7-10-27(11-8-16)14-20(21,22)23;/h4-5,12,16H,6-11,13-14H2,1-3H3,(H2,24,25,26);1H. The Kier molecular flexibility index (Phi) is 11.7. The average Bonchev–Trinajstić information content (AvgIpc) is 2.65. The first-order valence-electron chi connectivity index (χ1n) is 9.68. The van der Waals surface area contributed by atoms with Crippen LogP contribution in [0, 0.1) is 12.8 Å². The minimum atomic E-state index is -4.10. The molecule has 1 aliphatic heterocycles. The number of aliphatic imine (C=N–C) groups is 1. The molecule has 0 atom stereocenters. The van der Waals surface area contributed by atoms with Crippen molar-refractivity contribution >= 4 is 41.7 Å². The maximum Gasteiger partial charge on any atom is 0.401 e. The number of nitrogens with zero attached hydrogens (tertiary/aromatic N) is 2. The average molecular weight is 544 g/mol. The van der Waals surface area contributed by atoms with Crippen molar-refractivity contribution in [2.45, 2.75) is 43.8 Å². The first kappa shape index (κ1) is 26.4. The molecule has 1 aromatic carbocycles. The van der Waals surface area contributed by atoms with E-state index in [1.807, 2.05) is 0 Å². The third-order valence-electron chi connectivity index (χ3n) is 5.07. The van der Waals surface area contributed by atoms with Crippen molar-refractivity contribution in [3.8, 4) is 0 Å². The summed E-state index contributed by atoms with van der Waals surface area (Å²) in [6.45, 7) is 3.83. The van der Waals surface area contributed by atoms with Gasteiger partial charge in [-0.05, 0) is 68.6 Å². The fourth-order valence-corrected chi connectivity index (χ4v) is 4.18. The van der Waals surface area contributed by atoms with Crippen LogP contribution in [-0.4, -0.2) is 56.5 Å². The third-order valence-corrected chi connectivity index (χ3v) is 5.89. The van der Waals surface area contributed by atoms with Crippen molar-refractivity contribution in [1.82, 2.24) is 15.5 Å². The van der Waals surface area contributed by atoms with Gasteiger partial charge in [0, 0.05) is 25.0 Å². The molecule has 29 heavy (non-hydrogen) atoms. The van der Waals surface area contributed by atoms with Crippen molar-refractivity contribution < 1.29 is 13.2 Å². The quantitative estimate of drug-likeness (QED) is 0.227. The number of benzene rings is 1. The summed E-state index contributed by atoms with van der Waals surface area (Å²) in [4.78, 5) is 7.03. The lowest BCUT2D eigenvalue weighted by Gasteiger charge is -2.32. The zero-order valence-electron chi connectivity index (χ0n) is 17.3. The SMILES string of the molecule is CN=C(NCCC1CCN(CC(F)(F)F)CC1)NCc1ccc(C)cc1SC.I. The maximum absolute atomic E-state index is 12.5. The van der Waals surface area contributed by atoms with Crippen molar-refractivity contribution in [1.29, 1.82) is 0 Å². The molecule has 1 aromatic rings. The van der Waals surface area contributed by atoms with Gasteiger partial charge in [0.05, 0.1) is 6.54 Å². The number of hydrogen-bond acceptors (Lipinski definition) is 3. The highest BCUT2D eigenvalue weighted by molar-refractivity contribution is 14.0. The van der Waals surface area contributed by atoms with E-state index >= 15 is 0 Å². The van der Waals surface area contributed by atoms with Gasteiger partial charge in [-0.3, -0.25) is 9.89 Å². The number of hydrogen-bond donors (Lipinski definition) is 2. The number of guanidine groups is 1. The Morgan fingerprint density at radius 3 is 2.52 bits per heavy atom. The zero-order chi connectivity index (χ0) is 20.6. The fraction of sp³-hybridized carbons (Fsp3) is 0.650. The number of aryl methyl sites for hydroxylation is 1. The molecule has 1 heterocycles. The van der Waals surface area contributed by atoms with Gasteiger partial charge < -0.3 is 10.6 Å². The second-order valence-corrected chi connectivity index (χ2v) is 8.14. The van der Waals surface area contributed by atoms with E-state index in [0.29, 0.717) is 25.6 Å². The highest BCUT2D eigenvalue weighted by atomic mass is 127. The lowest BCUT2D eigenvalue weighted by molar-refractivity contribution is -0.148. The lowest BCUT2D eigenvalue weighted by Crippen LogP contribution is -2.41. The van der Waals surface area contributed by atoms with E-state index in [9.17, 15) is 13.2 Å². The van der Waals surface area contributed by atoms with E-state index in [4.69, 9.17) is 0 Å². The summed E-state index contributed by atoms with van der Waals surface area (Å²) in [7, 11) is 1.75. The predicted molar refractivity (Wildman–Crippen MR) is 126 cm³/mol.